The Bertz CT molecular complexity index is 714. The molecule has 0 aliphatic heterocycles. The highest BCUT2D eigenvalue weighted by molar-refractivity contribution is 5.77. The Morgan fingerprint density at radius 1 is 1.05 bits per heavy atom. The Kier molecular flexibility index (Phi) is 3.52. The second kappa shape index (κ2) is 5.47. The molecule has 102 valence electrons. The van der Waals surface area contributed by atoms with Crippen molar-refractivity contribution in [3.63, 3.8) is 0 Å². The molecule has 3 nitrogen and oxygen atoms in total. The number of hydrogen-bond acceptors (Lipinski definition) is 2. The zero-order valence-corrected chi connectivity index (χ0v) is 11.7. The van der Waals surface area contributed by atoms with E-state index in [2.05, 4.69) is 54.0 Å². The fraction of sp³-hybridized carbons (Fsp3) is 0.235. The molecule has 0 aliphatic rings. The predicted molar refractivity (Wildman–Crippen MR) is 82.5 cm³/mol. The predicted octanol–water partition coefficient (Wildman–Crippen LogP) is 3.11. The van der Waals surface area contributed by atoms with E-state index in [-0.39, 0.29) is 0 Å². The molecule has 2 N–H and O–H groups in total. The van der Waals surface area contributed by atoms with Gasteiger partial charge in [-0.3, -0.25) is 0 Å². The van der Waals surface area contributed by atoms with Crippen LogP contribution in [0.15, 0.2) is 48.5 Å². The van der Waals surface area contributed by atoms with Gasteiger partial charge in [0, 0.05) is 19.5 Å². The zero-order valence-electron chi connectivity index (χ0n) is 11.7. The van der Waals surface area contributed by atoms with E-state index >= 15 is 0 Å². The van der Waals surface area contributed by atoms with E-state index in [1.54, 1.807) is 0 Å². The van der Waals surface area contributed by atoms with E-state index in [0.717, 1.165) is 29.9 Å². The fourth-order valence-electron chi connectivity index (χ4n) is 2.62. The molecule has 20 heavy (non-hydrogen) atoms. The largest absolute Gasteiger partial charge is 0.328 e. The Morgan fingerprint density at radius 2 is 1.85 bits per heavy atom. The molecule has 0 unspecified atom stereocenters. The first-order valence-corrected chi connectivity index (χ1v) is 7.04. The number of aryl methyl sites for hydroxylation is 1. The van der Waals surface area contributed by atoms with Gasteiger partial charge in [-0.2, -0.15) is 0 Å². The molecule has 0 fully saturated rings. The summed E-state index contributed by atoms with van der Waals surface area (Å²) in [6.07, 6.45) is 0.862. The molecule has 0 spiro atoms. The highest BCUT2D eigenvalue weighted by Crippen LogP contribution is 2.20. The summed E-state index contributed by atoms with van der Waals surface area (Å²) in [6.45, 7) is 3.65. The summed E-state index contributed by atoms with van der Waals surface area (Å²) in [6, 6.07) is 16.8. The number of hydrogen-bond donors (Lipinski definition) is 1. The maximum atomic E-state index is 5.71. The minimum atomic E-state index is 0.558. The molecule has 1 heterocycles. The minimum Gasteiger partial charge on any atom is -0.328 e. The summed E-state index contributed by atoms with van der Waals surface area (Å²) in [4.78, 5) is 4.79. The third-order valence-electron chi connectivity index (χ3n) is 3.65. The van der Waals surface area contributed by atoms with Gasteiger partial charge in [0.2, 0.25) is 0 Å². The standard InChI is InChI=1S/C17H19N3/c1-2-20-16-9-8-14(12-18)10-15(16)19-17(20)11-13-6-4-3-5-7-13/h3-10H,2,11-12,18H2,1H3. The van der Waals surface area contributed by atoms with E-state index < -0.39 is 0 Å². The monoisotopic (exact) mass is 265 g/mol. The fourth-order valence-corrected chi connectivity index (χ4v) is 2.62. The van der Waals surface area contributed by atoms with Gasteiger partial charge in [0.15, 0.2) is 0 Å². The van der Waals surface area contributed by atoms with Crippen LogP contribution in [0.25, 0.3) is 11.0 Å². The number of benzene rings is 2. The maximum absolute atomic E-state index is 5.71. The van der Waals surface area contributed by atoms with E-state index in [1.165, 1.54) is 11.1 Å². The normalized spacial score (nSPS) is 11.1. The molecule has 0 aliphatic carbocycles. The molecular formula is C17H19N3. The SMILES string of the molecule is CCn1c(Cc2ccccc2)nc2cc(CN)ccc21. The lowest BCUT2D eigenvalue weighted by molar-refractivity contribution is 0.733. The zero-order chi connectivity index (χ0) is 13.9. The summed E-state index contributed by atoms with van der Waals surface area (Å²) < 4.78 is 2.28. The third kappa shape index (κ3) is 2.32. The Balaban J connectivity index is 2.06. The van der Waals surface area contributed by atoms with Crippen LogP contribution in [0.1, 0.15) is 23.9 Å². The topological polar surface area (TPSA) is 43.8 Å². The average Bonchev–Trinajstić information content (AvgIpc) is 2.84. The van der Waals surface area contributed by atoms with E-state index in [9.17, 15) is 0 Å². The lowest BCUT2D eigenvalue weighted by atomic mass is 10.1. The first-order valence-electron chi connectivity index (χ1n) is 7.04. The molecule has 0 amide bonds. The van der Waals surface area contributed by atoms with Gasteiger partial charge in [-0.15, -0.1) is 0 Å². The summed E-state index contributed by atoms with van der Waals surface area (Å²) in [5.41, 5.74) is 10.4. The first kappa shape index (κ1) is 12.9. The molecule has 3 rings (SSSR count). The molecule has 0 bridgehead atoms. The van der Waals surface area contributed by atoms with E-state index in [0.29, 0.717) is 6.54 Å². The van der Waals surface area contributed by atoms with Gasteiger partial charge in [-0.05, 0) is 30.2 Å². The van der Waals surface area contributed by atoms with Crippen molar-refractivity contribution in [1.29, 1.82) is 0 Å². The third-order valence-corrected chi connectivity index (χ3v) is 3.65. The lowest BCUT2D eigenvalue weighted by Crippen LogP contribution is -2.02. The van der Waals surface area contributed by atoms with E-state index in [1.807, 2.05) is 6.07 Å². The van der Waals surface area contributed by atoms with Gasteiger partial charge in [-0.25, -0.2) is 4.98 Å². The number of imidazole rings is 1. The average molecular weight is 265 g/mol. The smallest absolute Gasteiger partial charge is 0.114 e. The van der Waals surface area contributed by atoms with Gasteiger partial charge in [-0.1, -0.05) is 36.4 Å². The lowest BCUT2D eigenvalue weighted by Gasteiger charge is -2.06. The van der Waals surface area contributed by atoms with Crippen molar-refractivity contribution in [3.05, 3.63) is 65.5 Å². The van der Waals surface area contributed by atoms with Crippen LogP contribution >= 0.6 is 0 Å². The molecular weight excluding hydrogens is 246 g/mol. The number of rotatable bonds is 4. The van der Waals surface area contributed by atoms with Crippen molar-refractivity contribution in [2.24, 2.45) is 5.73 Å². The van der Waals surface area contributed by atoms with Crippen LogP contribution in [0.3, 0.4) is 0 Å². The van der Waals surface area contributed by atoms with Crippen LogP contribution in [-0.2, 0) is 19.5 Å². The number of nitrogens with zero attached hydrogens (tertiary/aromatic N) is 2. The van der Waals surface area contributed by atoms with Crippen molar-refractivity contribution in [2.75, 3.05) is 0 Å². The first-order chi connectivity index (χ1) is 9.81. The summed E-state index contributed by atoms with van der Waals surface area (Å²) in [5, 5.41) is 0. The molecule has 3 heteroatoms. The van der Waals surface area contributed by atoms with Gasteiger partial charge >= 0.3 is 0 Å². The Hall–Kier alpha value is -2.13. The van der Waals surface area contributed by atoms with Gasteiger partial charge < -0.3 is 10.3 Å². The highest BCUT2D eigenvalue weighted by atomic mass is 15.1. The van der Waals surface area contributed by atoms with Crippen LogP contribution < -0.4 is 5.73 Å². The van der Waals surface area contributed by atoms with Crippen molar-refractivity contribution >= 4 is 11.0 Å². The van der Waals surface area contributed by atoms with E-state index in [4.69, 9.17) is 10.7 Å². The number of nitrogens with two attached hydrogens (primary N) is 1. The number of fused-ring (bicyclic) bond motifs is 1. The Morgan fingerprint density at radius 3 is 2.55 bits per heavy atom. The van der Waals surface area contributed by atoms with Crippen LogP contribution in [0.2, 0.25) is 0 Å². The molecule has 0 radical (unpaired) electrons. The van der Waals surface area contributed by atoms with Crippen molar-refractivity contribution < 1.29 is 0 Å². The quantitative estimate of drug-likeness (QED) is 0.787. The second-order valence-corrected chi connectivity index (χ2v) is 4.96. The van der Waals surface area contributed by atoms with Crippen LogP contribution in [0, 0.1) is 0 Å². The summed E-state index contributed by atoms with van der Waals surface area (Å²) in [7, 11) is 0. The van der Waals surface area contributed by atoms with Crippen LogP contribution in [-0.4, -0.2) is 9.55 Å². The Labute approximate surface area is 119 Å². The van der Waals surface area contributed by atoms with Crippen molar-refractivity contribution in [3.8, 4) is 0 Å². The van der Waals surface area contributed by atoms with Crippen molar-refractivity contribution in [1.82, 2.24) is 9.55 Å². The van der Waals surface area contributed by atoms with Gasteiger partial charge in [0.1, 0.15) is 5.82 Å². The second-order valence-electron chi connectivity index (χ2n) is 4.96. The molecule has 3 aromatic rings. The molecule has 0 atom stereocenters. The molecule has 0 saturated heterocycles. The van der Waals surface area contributed by atoms with Crippen LogP contribution in [0.5, 0.6) is 0 Å². The van der Waals surface area contributed by atoms with Crippen molar-refractivity contribution in [2.45, 2.75) is 26.4 Å². The molecule has 2 aromatic carbocycles. The number of aromatic nitrogens is 2. The molecule has 0 saturated carbocycles. The maximum Gasteiger partial charge on any atom is 0.114 e. The van der Waals surface area contributed by atoms with Gasteiger partial charge in [0.25, 0.3) is 0 Å². The van der Waals surface area contributed by atoms with Crippen LogP contribution in [0.4, 0.5) is 0 Å². The summed E-state index contributed by atoms with van der Waals surface area (Å²) in [5.74, 6) is 1.11. The molecule has 1 aromatic heterocycles. The van der Waals surface area contributed by atoms with Gasteiger partial charge in [0.05, 0.1) is 11.0 Å². The minimum absolute atomic E-state index is 0.558. The highest BCUT2D eigenvalue weighted by Gasteiger charge is 2.10. The summed E-state index contributed by atoms with van der Waals surface area (Å²) >= 11 is 0.